The summed E-state index contributed by atoms with van der Waals surface area (Å²) in [4.78, 5) is 25.9. The second-order valence-corrected chi connectivity index (χ2v) is 6.25. The first-order valence-electron chi connectivity index (χ1n) is 6.32. The van der Waals surface area contributed by atoms with Crippen molar-refractivity contribution in [2.45, 2.75) is 59.6 Å². The first-order valence-corrected chi connectivity index (χ1v) is 6.32. The maximum Gasteiger partial charge on any atom is 0.332 e. The zero-order valence-corrected chi connectivity index (χ0v) is 12.8. The van der Waals surface area contributed by atoms with Gasteiger partial charge in [0.2, 0.25) is 0 Å². The molecule has 0 spiro atoms. The molecule has 19 heavy (non-hydrogen) atoms. The summed E-state index contributed by atoms with van der Waals surface area (Å²) in [6.07, 6.45) is 0. The van der Waals surface area contributed by atoms with E-state index in [9.17, 15) is 9.59 Å². The third-order valence-electron chi connectivity index (χ3n) is 3.08. The van der Waals surface area contributed by atoms with Gasteiger partial charge in [-0.2, -0.15) is 0 Å². The number of ether oxygens (including phenoxy) is 2. The number of carbonyl (C=O) groups excluding carboxylic acids is 2. The summed E-state index contributed by atoms with van der Waals surface area (Å²) >= 11 is 0. The number of hydrogen-bond donors (Lipinski definition) is 0. The minimum Gasteiger partial charge on any atom is -0.477 e. The van der Waals surface area contributed by atoms with Crippen molar-refractivity contribution >= 4 is 11.9 Å². The highest BCUT2D eigenvalue weighted by atomic mass is 16.6. The molecule has 1 aliphatic rings. The molecule has 1 heterocycles. The Balaban J connectivity index is 2.96. The zero-order chi connectivity index (χ0) is 15.0. The molecular formula is C14H23NO4. The fourth-order valence-corrected chi connectivity index (χ4v) is 1.61. The molecule has 0 saturated heterocycles. The lowest BCUT2D eigenvalue weighted by Crippen LogP contribution is -2.57. The van der Waals surface area contributed by atoms with Crippen molar-refractivity contribution in [2.24, 2.45) is 0 Å². The lowest BCUT2D eigenvalue weighted by molar-refractivity contribution is -0.176. The molecule has 1 rings (SSSR count). The highest BCUT2D eigenvalue weighted by molar-refractivity contribution is 5.97. The fraction of sp³-hybridized carbons (Fsp3) is 0.714. The monoisotopic (exact) mass is 269 g/mol. The van der Waals surface area contributed by atoms with Crippen LogP contribution >= 0.6 is 0 Å². The Morgan fingerprint density at radius 3 is 2.21 bits per heavy atom. The molecule has 0 aromatic heterocycles. The standard InChI is InChI=1S/C14H23NO4/c1-9-10(2)18-8-15(11(9)16)14(6,7)12(17)19-13(3,4)5/h8H2,1-7H3. The van der Waals surface area contributed by atoms with Gasteiger partial charge in [-0.25, -0.2) is 4.79 Å². The topological polar surface area (TPSA) is 55.8 Å². The van der Waals surface area contributed by atoms with Crippen molar-refractivity contribution < 1.29 is 19.1 Å². The van der Waals surface area contributed by atoms with Gasteiger partial charge in [-0.15, -0.1) is 0 Å². The van der Waals surface area contributed by atoms with Crippen LogP contribution < -0.4 is 0 Å². The van der Waals surface area contributed by atoms with Gasteiger partial charge < -0.3 is 9.47 Å². The van der Waals surface area contributed by atoms with Gasteiger partial charge in [0.15, 0.2) is 6.73 Å². The predicted octanol–water partition coefficient (Wildman–Crippen LogP) is 2.22. The van der Waals surface area contributed by atoms with E-state index in [1.165, 1.54) is 4.90 Å². The van der Waals surface area contributed by atoms with Gasteiger partial charge in [-0.3, -0.25) is 9.69 Å². The van der Waals surface area contributed by atoms with E-state index in [0.717, 1.165) is 0 Å². The maximum absolute atomic E-state index is 12.2. The highest BCUT2D eigenvalue weighted by Gasteiger charge is 2.43. The second-order valence-electron chi connectivity index (χ2n) is 6.25. The predicted molar refractivity (Wildman–Crippen MR) is 71.1 cm³/mol. The van der Waals surface area contributed by atoms with Crippen molar-refractivity contribution in [1.82, 2.24) is 4.90 Å². The highest BCUT2D eigenvalue weighted by Crippen LogP contribution is 2.26. The summed E-state index contributed by atoms with van der Waals surface area (Å²) in [5, 5.41) is 0. The lowest BCUT2D eigenvalue weighted by Gasteiger charge is -2.40. The van der Waals surface area contributed by atoms with Crippen LogP contribution in [0.5, 0.6) is 0 Å². The number of nitrogens with zero attached hydrogens (tertiary/aromatic N) is 1. The zero-order valence-electron chi connectivity index (χ0n) is 12.8. The van der Waals surface area contributed by atoms with Crippen molar-refractivity contribution in [2.75, 3.05) is 6.73 Å². The Hall–Kier alpha value is -1.52. The molecule has 1 aliphatic heterocycles. The molecule has 0 radical (unpaired) electrons. The number of carbonyl (C=O) groups is 2. The van der Waals surface area contributed by atoms with E-state index in [-0.39, 0.29) is 12.6 Å². The van der Waals surface area contributed by atoms with Crippen LogP contribution in [0, 0.1) is 0 Å². The number of hydrogen-bond acceptors (Lipinski definition) is 4. The largest absolute Gasteiger partial charge is 0.477 e. The molecular weight excluding hydrogens is 246 g/mol. The summed E-state index contributed by atoms with van der Waals surface area (Å²) in [5.41, 5.74) is -1.14. The van der Waals surface area contributed by atoms with Gasteiger partial charge >= 0.3 is 5.97 Å². The van der Waals surface area contributed by atoms with Gasteiger partial charge in [0.25, 0.3) is 5.91 Å². The van der Waals surface area contributed by atoms with Crippen molar-refractivity contribution in [1.29, 1.82) is 0 Å². The van der Waals surface area contributed by atoms with Crippen LogP contribution in [-0.2, 0) is 19.1 Å². The van der Waals surface area contributed by atoms with Crippen molar-refractivity contribution in [3.05, 3.63) is 11.3 Å². The Kier molecular flexibility index (Phi) is 3.98. The average molecular weight is 269 g/mol. The third kappa shape index (κ3) is 3.28. The molecule has 0 aromatic rings. The SMILES string of the molecule is CC1=C(C)C(=O)N(C(C)(C)C(=O)OC(C)(C)C)CO1. The van der Waals surface area contributed by atoms with E-state index < -0.39 is 17.1 Å². The maximum atomic E-state index is 12.2. The molecule has 0 fully saturated rings. The molecule has 0 N–H and O–H groups in total. The van der Waals surface area contributed by atoms with Gasteiger partial charge in [0, 0.05) is 0 Å². The van der Waals surface area contributed by atoms with Crippen LogP contribution in [0.2, 0.25) is 0 Å². The first kappa shape index (κ1) is 15.5. The Bertz CT molecular complexity index is 429. The summed E-state index contributed by atoms with van der Waals surface area (Å²) in [7, 11) is 0. The van der Waals surface area contributed by atoms with Crippen molar-refractivity contribution in [3.63, 3.8) is 0 Å². The molecule has 0 atom stereocenters. The second kappa shape index (κ2) is 4.87. The van der Waals surface area contributed by atoms with Gasteiger partial charge in [0.1, 0.15) is 16.9 Å². The number of esters is 1. The first-order chi connectivity index (χ1) is 8.47. The van der Waals surface area contributed by atoms with Crippen LogP contribution in [0.4, 0.5) is 0 Å². The van der Waals surface area contributed by atoms with E-state index in [1.807, 2.05) is 0 Å². The molecule has 0 bridgehead atoms. The van der Waals surface area contributed by atoms with Crippen LogP contribution in [0.15, 0.2) is 11.3 Å². The van der Waals surface area contributed by atoms with E-state index in [4.69, 9.17) is 9.47 Å². The van der Waals surface area contributed by atoms with Crippen molar-refractivity contribution in [3.8, 4) is 0 Å². The Morgan fingerprint density at radius 1 is 1.21 bits per heavy atom. The molecule has 0 aromatic carbocycles. The lowest BCUT2D eigenvalue weighted by atomic mass is 10.0. The molecule has 0 aliphatic carbocycles. The summed E-state index contributed by atoms with van der Waals surface area (Å²) in [6, 6.07) is 0. The normalized spacial score (nSPS) is 17.4. The molecule has 0 unspecified atom stereocenters. The number of allylic oxidation sites excluding steroid dienone is 1. The van der Waals surface area contributed by atoms with E-state index in [2.05, 4.69) is 0 Å². The third-order valence-corrected chi connectivity index (χ3v) is 3.08. The van der Waals surface area contributed by atoms with Gasteiger partial charge in [0.05, 0.1) is 5.57 Å². The van der Waals surface area contributed by atoms with Crippen LogP contribution in [0.25, 0.3) is 0 Å². The Labute approximate surface area is 114 Å². The molecule has 108 valence electrons. The molecule has 1 amide bonds. The van der Waals surface area contributed by atoms with E-state index >= 15 is 0 Å². The summed E-state index contributed by atoms with van der Waals surface area (Å²) in [5.74, 6) is -0.0369. The summed E-state index contributed by atoms with van der Waals surface area (Å²) < 4.78 is 10.8. The Morgan fingerprint density at radius 2 is 1.74 bits per heavy atom. The van der Waals surface area contributed by atoms with E-state index in [0.29, 0.717) is 11.3 Å². The average Bonchev–Trinajstić information content (AvgIpc) is 2.23. The molecule has 5 heteroatoms. The molecule has 5 nitrogen and oxygen atoms in total. The van der Waals surface area contributed by atoms with E-state index in [1.54, 1.807) is 48.5 Å². The van der Waals surface area contributed by atoms with Crippen LogP contribution in [0.1, 0.15) is 48.5 Å². The smallest absolute Gasteiger partial charge is 0.332 e. The minimum atomic E-state index is -1.06. The fourth-order valence-electron chi connectivity index (χ4n) is 1.61. The quantitative estimate of drug-likeness (QED) is 0.721. The van der Waals surface area contributed by atoms with Crippen LogP contribution in [-0.4, -0.2) is 34.6 Å². The number of rotatable bonds is 2. The summed E-state index contributed by atoms with van der Waals surface area (Å²) in [6.45, 7) is 12.2. The van der Waals surface area contributed by atoms with Gasteiger partial charge in [-0.05, 0) is 48.5 Å². The van der Waals surface area contributed by atoms with Gasteiger partial charge in [-0.1, -0.05) is 0 Å². The molecule has 0 saturated carbocycles. The van der Waals surface area contributed by atoms with Crippen LogP contribution in [0.3, 0.4) is 0 Å². The minimum absolute atomic E-state index is 0.0637. The number of amides is 1.